The van der Waals surface area contributed by atoms with Gasteiger partial charge in [0.05, 0.1) is 6.04 Å². The van der Waals surface area contributed by atoms with Gasteiger partial charge in [-0.05, 0) is 31.6 Å². The molecular formula is C13H25N3. The largest absolute Gasteiger partial charge is 0.370 e. The summed E-state index contributed by atoms with van der Waals surface area (Å²) in [5.74, 6) is 1.39. The highest BCUT2D eigenvalue weighted by atomic mass is 15.1. The molecule has 2 fully saturated rings. The highest BCUT2D eigenvalue weighted by Gasteiger charge is 2.21. The van der Waals surface area contributed by atoms with Gasteiger partial charge in [0, 0.05) is 6.04 Å². The minimum atomic E-state index is 0.461. The number of nitrogens with zero attached hydrogens (tertiary/aromatic N) is 1. The lowest BCUT2D eigenvalue weighted by Gasteiger charge is -2.26. The van der Waals surface area contributed by atoms with E-state index < -0.39 is 0 Å². The summed E-state index contributed by atoms with van der Waals surface area (Å²) in [6, 6.07) is 1.05. The molecule has 0 saturated heterocycles. The zero-order valence-corrected chi connectivity index (χ0v) is 10.4. The minimum Gasteiger partial charge on any atom is -0.370 e. The van der Waals surface area contributed by atoms with Gasteiger partial charge in [-0.2, -0.15) is 0 Å². The Balaban J connectivity index is 1.83. The zero-order chi connectivity index (χ0) is 11.4. The quantitative estimate of drug-likeness (QED) is 0.558. The Morgan fingerprint density at radius 3 is 2.38 bits per heavy atom. The van der Waals surface area contributed by atoms with E-state index in [-0.39, 0.29) is 0 Å². The van der Waals surface area contributed by atoms with Crippen LogP contribution in [0.4, 0.5) is 0 Å². The van der Waals surface area contributed by atoms with Crippen LogP contribution < -0.4 is 11.1 Å². The first kappa shape index (κ1) is 11.7. The standard InChI is InChI=1S/C13H25N3/c1-10-6-2-5-9-12(10)16-13(14)15-11-7-3-4-8-11/h10-12H,2-9H2,1H3,(H3,14,15,16). The number of nitrogens with one attached hydrogen (secondary N) is 1. The number of guanidine groups is 1. The molecule has 2 atom stereocenters. The summed E-state index contributed by atoms with van der Waals surface area (Å²) in [7, 11) is 0. The number of rotatable bonds is 2. The monoisotopic (exact) mass is 223 g/mol. The van der Waals surface area contributed by atoms with Crippen LogP contribution in [-0.2, 0) is 0 Å². The van der Waals surface area contributed by atoms with Gasteiger partial charge in [-0.25, -0.2) is 4.99 Å². The summed E-state index contributed by atoms with van der Waals surface area (Å²) in [5, 5.41) is 3.37. The molecule has 2 aliphatic rings. The molecule has 2 aliphatic carbocycles. The fourth-order valence-corrected chi connectivity index (χ4v) is 2.98. The molecule has 92 valence electrons. The van der Waals surface area contributed by atoms with E-state index in [4.69, 9.17) is 5.73 Å². The van der Waals surface area contributed by atoms with E-state index in [0.29, 0.717) is 24.0 Å². The Bertz CT molecular complexity index is 244. The van der Waals surface area contributed by atoms with Crippen molar-refractivity contribution in [1.29, 1.82) is 0 Å². The molecule has 0 radical (unpaired) electrons. The van der Waals surface area contributed by atoms with E-state index in [2.05, 4.69) is 17.2 Å². The second kappa shape index (κ2) is 5.55. The highest BCUT2D eigenvalue weighted by molar-refractivity contribution is 5.78. The van der Waals surface area contributed by atoms with Crippen LogP contribution in [0.15, 0.2) is 4.99 Å². The van der Waals surface area contributed by atoms with Crippen molar-refractivity contribution in [2.45, 2.75) is 70.4 Å². The molecule has 0 amide bonds. The van der Waals surface area contributed by atoms with Gasteiger partial charge in [0.25, 0.3) is 0 Å². The van der Waals surface area contributed by atoms with Crippen LogP contribution in [0, 0.1) is 5.92 Å². The van der Waals surface area contributed by atoms with E-state index in [1.165, 1.54) is 51.4 Å². The molecule has 2 unspecified atom stereocenters. The summed E-state index contributed by atoms with van der Waals surface area (Å²) >= 11 is 0. The van der Waals surface area contributed by atoms with E-state index in [1.54, 1.807) is 0 Å². The lowest BCUT2D eigenvalue weighted by Crippen LogP contribution is -2.40. The van der Waals surface area contributed by atoms with Gasteiger partial charge in [-0.15, -0.1) is 0 Å². The third-order valence-corrected chi connectivity index (χ3v) is 4.08. The SMILES string of the molecule is CC1CCCCC1N=C(N)NC1CCCC1. The highest BCUT2D eigenvalue weighted by Crippen LogP contribution is 2.26. The first-order valence-electron chi connectivity index (χ1n) is 6.85. The molecule has 0 aromatic carbocycles. The second-order valence-electron chi connectivity index (χ2n) is 5.47. The molecule has 3 N–H and O–H groups in total. The van der Waals surface area contributed by atoms with Gasteiger partial charge >= 0.3 is 0 Å². The molecule has 0 aliphatic heterocycles. The maximum atomic E-state index is 5.99. The number of hydrogen-bond acceptors (Lipinski definition) is 1. The Kier molecular flexibility index (Phi) is 4.08. The lowest BCUT2D eigenvalue weighted by atomic mass is 9.86. The molecule has 0 spiro atoms. The molecule has 0 aromatic heterocycles. The predicted octanol–water partition coefficient (Wildman–Crippen LogP) is 2.41. The smallest absolute Gasteiger partial charge is 0.189 e. The van der Waals surface area contributed by atoms with E-state index in [0.717, 1.165) is 0 Å². The Hall–Kier alpha value is -0.730. The Labute approximate surface area is 98.9 Å². The first-order chi connectivity index (χ1) is 7.75. The number of nitrogens with two attached hydrogens (primary N) is 1. The van der Waals surface area contributed by atoms with Gasteiger partial charge in [-0.3, -0.25) is 0 Å². The summed E-state index contributed by atoms with van der Waals surface area (Å²) < 4.78 is 0. The predicted molar refractivity (Wildman–Crippen MR) is 68.4 cm³/mol. The van der Waals surface area contributed by atoms with Crippen LogP contribution >= 0.6 is 0 Å². The van der Waals surface area contributed by atoms with Crippen molar-refractivity contribution in [1.82, 2.24) is 5.32 Å². The first-order valence-corrected chi connectivity index (χ1v) is 6.85. The van der Waals surface area contributed by atoms with Crippen molar-refractivity contribution in [3.8, 4) is 0 Å². The van der Waals surface area contributed by atoms with Crippen LogP contribution in [0.25, 0.3) is 0 Å². The minimum absolute atomic E-state index is 0.461. The summed E-state index contributed by atoms with van der Waals surface area (Å²) in [5.41, 5.74) is 5.99. The van der Waals surface area contributed by atoms with E-state index in [1.807, 2.05) is 0 Å². The maximum absolute atomic E-state index is 5.99. The van der Waals surface area contributed by atoms with Crippen LogP contribution in [0.3, 0.4) is 0 Å². The third kappa shape index (κ3) is 3.13. The average Bonchev–Trinajstić information content (AvgIpc) is 2.74. The number of hydrogen-bond donors (Lipinski definition) is 2. The molecule has 0 heterocycles. The summed E-state index contributed by atoms with van der Waals surface area (Å²) in [6.45, 7) is 2.30. The maximum Gasteiger partial charge on any atom is 0.189 e. The van der Waals surface area contributed by atoms with Gasteiger partial charge in [0.2, 0.25) is 0 Å². The molecule has 0 bridgehead atoms. The van der Waals surface area contributed by atoms with Crippen LogP contribution in [-0.4, -0.2) is 18.0 Å². The summed E-state index contributed by atoms with van der Waals surface area (Å²) in [4.78, 5) is 4.66. The fourth-order valence-electron chi connectivity index (χ4n) is 2.98. The molecule has 2 rings (SSSR count). The van der Waals surface area contributed by atoms with Gasteiger partial charge in [-0.1, -0.05) is 32.6 Å². The molecule has 2 saturated carbocycles. The second-order valence-corrected chi connectivity index (χ2v) is 5.47. The van der Waals surface area contributed by atoms with Crippen LogP contribution in [0.5, 0.6) is 0 Å². The topological polar surface area (TPSA) is 50.4 Å². The van der Waals surface area contributed by atoms with Crippen molar-refractivity contribution >= 4 is 5.96 Å². The summed E-state index contributed by atoms with van der Waals surface area (Å²) in [6.07, 6.45) is 10.4. The number of aliphatic imine (C=N–C) groups is 1. The molecule has 16 heavy (non-hydrogen) atoms. The molecule has 3 nitrogen and oxygen atoms in total. The van der Waals surface area contributed by atoms with Crippen molar-refractivity contribution in [3.63, 3.8) is 0 Å². The normalized spacial score (nSPS) is 32.9. The molecular weight excluding hydrogens is 198 g/mol. The van der Waals surface area contributed by atoms with E-state index >= 15 is 0 Å². The molecule has 3 heteroatoms. The fraction of sp³-hybridized carbons (Fsp3) is 0.923. The van der Waals surface area contributed by atoms with Crippen LogP contribution in [0.2, 0.25) is 0 Å². The average molecular weight is 223 g/mol. The third-order valence-electron chi connectivity index (χ3n) is 4.08. The van der Waals surface area contributed by atoms with Gasteiger partial charge in [0.1, 0.15) is 0 Å². The van der Waals surface area contributed by atoms with Crippen molar-refractivity contribution in [2.24, 2.45) is 16.6 Å². The lowest BCUT2D eigenvalue weighted by molar-refractivity contribution is 0.332. The van der Waals surface area contributed by atoms with Crippen molar-refractivity contribution in [3.05, 3.63) is 0 Å². The van der Waals surface area contributed by atoms with Crippen molar-refractivity contribution in [2.75, 3.05) is 0 Å². The Morgan fingerprint density at radius 2 is 1.69 bits per heavy atom. The van der Waals surface area contributed by atoms with Gasteiger partial charge in [0.15, 0.2) is 5.96 Å². The van der Waals surface area contributed by atoms with E-state index in [9.17, 15) is 0 Å². The molecule has 0 aromatic rings. The van der Waals surface area contributed by atoms with Gasteiger partial charge < -0.3 is 11.1 Å². The zero-order valence-electron chi connectivity index (χ0n) is 10.4. The van der Waals surface area contributed by atoms with Crippen LogP contribution in [0.1, 0.15) is 58.3 Å². The Morgan fingerprint density at radius 1 is 1.06 bits per heavy atom. The van der Waals surface area contributed by atoms with Crippen molar-refractivity contribution < 1.29 is 0 Å².